The van der Waals surface area contributed by atoms with Crippen LogP contribution in [-0.4, -0.2) is 16.2 Å². The van der Waals surface area contributed by atoms with Gasteiger partial charge in [0.15, 0.2) is 5.82 Å². The van der Waals surface area contributed by atoms with Crippen molar-refractivity contribution < 1.29 is 0 Å². The lowest BCUT2D eigenvalue weighted by Gasteiger charge is -2.08. The number of hydrogen-bond donors (Lipinski definition) is 1. The normalized spacial score (nSPS) is 11.0. The Balaban J connectivity index is 2.19. The average molecular weight is 425 g/mol. The lowest BCUT2D eigenvalue weighted by atomic mass is 10.2. The molecule has 21 heavy (non-hydrogen) atoms. The number of nitrogens with zero attached hydrogens (tertiary/aromatic N) is 2. The van der Waals surface area contributed by atoms with Crippen LogP contribution in [-0.2, 0) is 0 Å². The van der Waals surface area contributed by atoms with Gasteiger partial charge in [0.05, 0.1) is 5.52 Å². The molecule has 0 aliphatic rings. The summed E-state index contributed by atoms with van der Waals surface area (Å²) in [7, 11) is 0. The van der Waals surface area contributed by atoms with Crippen LogP contribution in [0.1, 0.15) is 0 Å². The van der Waals surface area contributed by atoms with E-state index in [0.717, 1.165) is 25.4 Å². The first-order valence-corrected chi connectivity index (χ1v) is 8.96. The zero-order valence-electron chi connectivity index (χ0n) is 11.1. The van der Waals surface area contributed by atoms with E-state index in [1.165, 1.54) is 4.90 Å². The van der Waals surface area contributed by atoms with E-state index in [9.17, 15) is 0 Å². The van der Waals surface area contributed by atoms with E-state index >= 15 is 0 Å². The molecule has 0 radical (unpaired) electrons. The van der Waals surface area contributed by atoms with Crippen molar-refractivity contribution in [2.24, 2.45) is 0 Å². The van der Waals surface area contributed by atoms with Gasteiger partial charge in [-0.05, 0) is 46.5 Å². The molecule has 3 nitrogen and oxygen atoms in total. The van der Waals surface area contributed by atoms with Gasteiger partial charge < -0.3 is 5.73 Å². The van der Waals surface area contributed by atoms with E-state index in [4.69, 9.17) is 5.73 Å². The highest BCUT2D eigenvalue weighted by atomic mass is 79.9. The highest BCUT2D eigenvalue weighted by molar-refractivity contribution is 9.11. The van der Waals surface area contributed by atoms with Gasteiger partial charge in [-0.2, -0.15) is 0 Å². The Hall–Kier alpha value is -1.11. The lowest BCUT2D eigenvalue weighted by molar-refractivity contribution is 1.22. The molecule has 106 valence electrons. The second kappa shape index (κ2) is 5.94. The Morgan fingerprint density at radius 1 is 1.05 bits per heavy atom. The minimum absolute atomic E-state index is 0.478. The predicted molar refractivity (Wildman–Crippen MR) is 96.6 cm³/mol. The third-order valence-corrected chi connectivity index (χ3v) is 4.90. The van der Waals surface area contributed by atoms with Crippen LogP contribution in [0.4, 0.5) is 5.82 Å². The van der Waals surface area contributed by atoms with Crippen molar-refractivity contribution in [3.8, 4) is 11.4 Å². The van der Waals surface area contributed by atoms with Crippen LogP contribution in [0.5, 0.6) is 0 Å². The van der Waals surface area contributed by atoms with Crippen molar-refractivity contribution in [2.45, 2.75) is 4.90 Å². The molecule has 2 aromatic carbocycles. The SMILES string of the molecule is CSc1ccc(-c2nc(N)c3cc(Br)cc(Br)c3n2)cc1. The summed E-state index contributed by atoms with van der Waals surface area (Å²) in [6.07, 6.45) is 2.05. The minimum atomic E-state index is 0.478. The molecule has 3 aromatic rings. The number of halogens is 2. The molecule has 0 amide bonds. The number of nitrogens with two attached hydrogens (primary N) is 1. The van der Waals surface area contributed by atoms with Gasteiger partial charge in [0, 0.05) is 24.8 Å². The second-order valence-corrected chi connectivity index (χ2v) is 7.09. The van der Waals surface area contributed by atoms with Crippen LogP contribution in [0.25, 0.3) is 22.3 Å². The first-order valence-electron chi connectivity index (χ1n) is 6.15. The van der Waals surface area contributed by atoms with Crippen molar-refractivity contribution in [1.29, 1.82) is 0 Å². The Morgan fingerprint density at radius 2 is 1.76 bits per heavy atom. The molecule has 0 bridgehead atoms. The summed E-state index contributed by atoms with van der Waals surface area (Å²) in [6.45, 7) is 0. The van der Waals surface area contributed by atoms with E-state index in [0.29, 0.717) is 11.6 Å². The number of fused-ring (bicyclic) bond motifs is 1. The van der Waals surface area contributed by atoms with E-state index in [1.54, 1.807) is 11.8 Å². The fourth-order valence-electron chi connectivity index (χ4n) is 2.05. The van der Waals surface area contributed by atoms with Crippen molar-refractivity contribution in [3.63, 3.8) is 0 Å². The monoisotopic (exact) mass is 423 g/mol. The van der Waals surface area contributed by atoms with Crippen LogP contribution in [0.15, 0.2) is 50.2 Å². The summed E-state index contributed by atoms with van der Waals surface area (Å²) in [5, 5.41) is 0.834. The molecule has 3 rings (SSSR count). The van der Waals surface area contributed by atoms with Crippen molar-refractivity contribution in [3.05, 3.63) is 45.3 Å². The number of hydrogen-bond acceptors (Lipinski definition) is 4. The molecular weight excluding hydrogens is 414 g/mol. The quantitative estimate of drug-likeness (QED) is 0.579. The van der Waals surface area contributed by atoms with Crippen LogP contribution in [0.2, 0.25) is 0 Å². The Bertz CT molecular complexity index is 819. The zero-order chi connectivity index (χ0) is 15.0. The first kappa shape index (κ1) is 14.8. The minimum Gasteiger partial charge on any atom is -0.383 e. The van der Waals surface area contributed by atoms with Crippen LogP contribution in [0, 0.1) is 0 Å². The highest BCUT2D eigenvalue weighted by Crippen LogP contribution is 2.31. The largest absolute Gasteiger partial charge is 0.383 e. The van der Waals surface area contributed by atoms with Gasteiger partial charge >= 0.3 is 0 Å². The van der Waals surface area contributed by atoms with E-state index in [2.05, 4.69) is 60.2 Å². The number of aromatic nitrogens is 2. The maximum atomic E-state index is 6.09. The predicted octanol–water partition coefficient (Wildman–Crippen LogP) is 5.13. The van der Waals surface area contributed by atoms with Crippen LogP contribution in [0.3, 0.4) is 0 Å². The van der Waals surface area contributed by atoms with Gasteiger partial charge in [0.2, 0.25) is 0 Å². The van der Waals surface area contributed by atoms with Crippen molar-refractivity contribution >= 4 is 60.3 Å². The Kier molecular flexibility index (Phi) is 4.19. The highest BCUT2D eigenvalue weighted by Gasteiger charge is 2.11. The molecule has 2 N–H and O–H groups in total. The molecule has 1 aromatic heterocycles. The molecule has 0 aliphatic heterocycles. The molecule has 0 aliphatic carbocycles. The summed E-state index contributed by atoms with van der Waals surface area (Å²) < 4.78 is 1.83. The summed E-state index contributed by atoms with van der Waals surface area (Å²) >= 11 is 8.69. The molecule has 0 fully saturated rings. The summed E-state index contributed by atoms with van der Waals surface area (Å²) in [6, 6.07) is 12.0. The molecule has 1 heterocycles. The fraction of sp³-hybridized carbons (Fsp3) is 0.0667. The molecule has 0 spiro atoms. The first-order chi connectivity index (χ1) is 10.1. The lowest BCUT2D eigenvalue weighted by Crippen LogP contribution is -1.98. The number of rotatable bonds is 2. The third kappa shape index (κ3) is 2.93. The Labute approximate surface area is 143 Å². The molecule has 0 unspecified atom stereocenters. The fourth-order valence-corrected chi connectivity index (χ4v) is 3.77. The van der Waals surface area contributed by atoms with Crippen LogP contribution < -0.4 is 5.73 Å². The van der Waals surface area contributed by atoms with E-state index in [1.807, 2.05) is 24.3 Å². The third-order valence-electron chi connectivity index (χ3n) is 3.10. The summed E-state index contributed by atoms with van der Waals surface area (Å²) in [5.41, 5.74) is 7.86. The Morgan fingerprint density at radius 3 is 2.43 bits per heavy atom. The topological polar surface area (TPSA) is 51.8 Å². The zero-order valence-corrected chi connectivity index (χ0v) is 15.1. The summed E-state index contributed by atoms with van der Waals surface area (Å²) in [4.78, 5) is 10.3. The standard InChI is InChI=1S/C15H11Br2N3S/c1-21-10-4-2-8(3-5-10)15-19-13-11(14(18)20-15)6-9(16)7-12(13)17/h2-7H,1H3,(H2,18,19,20). The second-order valence-electron chi connectivity index (χ2n) is 4.44. The average Bonchev–Trinajstić information content (AvgIpc) is 2.48. The van der Waals surface area contributed by atoms with Gasteiger partial charge in [-0.25, -0.2) is 9.97 Å². The number of nitrogen functional groups attached to an aromatic ring is 1. The summed E-state index contributed by atoms with van der Waals surface area (Å²) in [5.74, 6) is 1.11. The molecule has 0 atom stereocenters. The molecule has 6 heteroatoms. The van der Waals surface area contributed by atoms with Crippen molar-refractivity contribution in [1.82, 2.24) is 9.97 Å². The van der Waals surface area contributed by atoms with Crippen molar-refractivity contribution in [2.75, 3.05) is 12.0 Å². The number of anilines is 1. The maximum absolute atomic E-state index is 6.09. The van der Waals surface area contributed by atoms with Gasteiger partial charge in [-0.1, -0.05) is 28.1 Å². The molecule has 0 saturated carbocycles. The maximum Gasteiger partial charge on any atom is 0.162 e. The van der Waals surface area contributed by atoms with Gasteiger partial charge in [-0.3, -0.25) is 0 Å². The smallest absolute Gasteiger partial charge is 0.162 e. The number of thioether (sulfide) groups is 1. The molecule has 0 saturated heterocycles. The van der Waals surface area contributed by atoms with E-state index in [-0.39, 0.29) is 0 Å². The molecular formula is C15H11Br2N3S. The van der Waals surface area contributed by atoms with Gasteiger partial charge in [0.1, 0.15) is 5.82 Å². The van der Waals surface area contributed by atoms with Gasteiger partial charge in [0.25, 0.3) is 0 Å². The van der Waals surface area contributed by atoms with Crippen LogP contribution >= 0.6 is 43.6 Å². The van der Waals surface area contributed by atoms with E-state index < -0.39 is 0 Å². The number of benzene rings is 2. The van der Waals surface area contributed by atoms with Gasteiger partial charge in [-0.15, -0.1) is 11.8 Å².